The van der Waals surface area contributed by atoms with E-state index in [2.05, 4.69) is 4.98 Å². The Hall–Kier alpha value is -1.60. The summed E-state index contributed by atoms with van der Waals surface area (Å²) in [5.41, 5.74) is 2.75. The smallest absolute Gasteiger partial charge is 0.298 e. The molecule has 7 heteroatoms. The summed E-state index contributed by atoms with van der Waals surface area (Å²) >= 11 is 0. The molecule has 1 aromatic heterocycles. The van der Waals surface area contributed by atoms with Crippen molar-refractivity contribution < 1.29 is 12.8 Å². The Balaban J connectivity index is 1.82. The van der Waals surface area contributed by atoms with Crippen molar-refractivity contribution in [2.45, 2.75) is 13.3 Å². The third kappa shape index (κ3) is 3.03. The minimum Gasteiger partial charge on any atom is -0.423 e. The van der Waals surface area contributed by atoms with Crippen LogP contribution in [0, 0.1) is 6.92 Å². The maximum Gasteiger partial charge on any atom is 0.298 e. The molecule has 0 saturated carbocycles. The summed E-state index contributed by atoms with van der Waals surface area (Å²) in [5.74, 6) is 0. The minimum atomic E-state index is -3.13. The van der Waals surface area contributed by atoms with Crippen molar-refractivity contribution in [3.8, 4) is 0 Å². The first-order valence-corrected chi connectivity index (χ1v) is 8.85. The number of benzene rings is 1. The van der Waals surface area contributed by atoms with Crippen LogP contribution in [-0.2, 0) is 10.0 Å². The molecule has 0 spiro atoms. The fourth-order valence-corrected chi connectivity index (χ4v) is 3.45. The lowest BCUT2D eigenvalue weighted by atomic mass is 10.2. The predicted molar refractivity (Wildman–Crippen MR) is 82.0 cm³/mol. The van der Waals surface area contributed by atoms with Crippen molar-refractivity contribution in [3.05, 3.63) is 23.8 Å². The van der Waals surface area contributed by atoms with Gasteiger partial charge in [0.1, 0.15) is 5.52 Å². The van der Waals surface area contributed by atoms with Crippen molar-refractivity contribution in [1.82, 2.24) is 9.29 Å². The summed E-state index contributed by atoms with van der Waals surface area (Å²) in [6, 6.07) is 6.47. The number of rotatable bonds is 2. The SMILES string of the molecule is Cc1ccc2oc(N3CCCN(S(C)(=O)=O)CC3)nc2c1. The van der Waals surface area contributed by atoms with Crippen LogP contribution in [0.2, 0.25) is 0 Å². The molecule has 114 valence electrons. The minimum absolute atomic E-state index is 0.469. The zero-order valence-corrected chi connectivity index (χ0v) is 13.1. The molecule has 2 aromatic rings. The Morgan fingerprint density at radius 1 is 1.19 bits per heavy atom. The fraction of sp³-hybridized carbons (Fsp3) is 0.500. The summed E-state index contributed by atoms with van der Waals surface area (Å²) in [7, 11) is -3.13. The molecule has 1 aliphatic rings. The van der Waals surface area contributed by atoms with Gasteiger partial charge >= 0.3 is 0 Å². The molecule has 0 radical (unpaired) electrons. The van der Waals surface area contributed by atoms with E-state index in [0.29, 0.717) is 25.6 Å². The Labute approximate surface area is 124 Å². The third-order valence-electron chi connectivity index (χ3n) is 3.73. The van der Waals surface area contributed by atoms with Gasteiger partial charge in [-0.3, -0.25) is 0 Å². The summed E-state index contributed by atoms with van der Waals surface area (Å²) in [6.07, 6.45) is 2.02. The first-order chi connectivity index (χ1) is 9.93. The Morgan fingerprint density at radius 2 is 2.00 bits per heavy atom. The summed E-state index contributed by atoms with van der Waals surface area (Å²) in [4.78, 5) is 6.53. The van der Waals surface area contributed by atoms with E-state index in [-0.39, 0.29) is 0 Å². The highest BCUT2D eigenvalue weighted by atomic mass is 32.2. The molecule has 0 atom stereocenters. The number of sulfonamides is 1. The second-order valence-corrected chi connectivity index (χ2v) is 7.45. The molecule has 0 bridgehead atoms. The van der Waals surface area contributed by atoms with Crippen molar-refractivity contribution in [2.24, 2.45) is 0 Å². The maximum atomic E-state index is 11.6. The number of aryl methyl sites for hydroxylation is 1. The summed E-state index contributed by atoms with van der Waals surface area (Å²) in [5, 5.41) is 0. The summed E-state index contributed by atoms with van der Waals surface area (Å²) in [6.45, 7) is 4.38. The molecule has 0 N–H and O–H groups in total. The topological polar surface area (TPSA) is 66.7 Å². The van der Waals surface area contributed by atoms with Gasteiger partial charge in [0.15, 0.2) is 5.58 Å². The average Bonchev–Trinajstić information content (AvgIpc) is 2.65. The van der Waals surface area contributed by atoms with E-state index < -0.39 is 10.0 Å². The van der Waals surface area contributed by atoms with Gasteiger partial charge in [-0.1, -0.05) is 6.07 Å². The van der Waals surface area contributed by atoms with Gasteiger partial charge in [-0.2, -0.15) is 4.98 Å². The quantitative estimate of drug-likeness (QED) is 0.843. The monoisotopic (exact) mass is 309 g/mol. The molecule has 0 unspecified atom stereocenters. The molecular weight excluding hydrogens is 290 g/mol. The number of aromatic nitrogens is 1. The number of hydrogen-bond donors (Lipinski definition) is 0. The lowest BCUT2D eigenvalue weighted by molar-refractivity contribution is 0.437. The molecule has 2 heterocycles. The van der Waals surface area contributed by atoms with E-state index in [1.54, 1.807) is 0 Å². The molecule has 1 aliphatic heterocycles. The van der Waals surface area contributed by atoms with Gasteiger partial charge in [-0.25, -0.2) is 12.7 Å². The lowest BCUT2D eigenvalue weighted by Crippen LogP contribution is -2.34. The third-order valence-corrected chi connectivity index (χ3v) is 5.03. The van der Waals surface area contributed by atoms with E-state index in [1.165, 1.54) is 10.6 Å². The number of hydrogen-bond acceptors (Lipinski definition) is 5. The highest BCUT2D eigenvalue weighted by molar-refractivity contribution is 7.88. The normalized spacial score (nSPS) is 18.1. The Kier molecular flexibility index (Phi) is 3.62. The second-order valence-electron chi connectivity index (χ2n) is 5.47. The Bertz CT molecular complexity index is 754. The number of oxazole rings is 1. The largest absolute Gasteiger partial charge is 0.423 e. The molecule has 1 fully saturated rings. The van der Waals surface area contributed by atoms with Gasteiger partial charge in [0.05, 0.1) is 6.26 Å². The van der Waals surface area contributed by atoms with E-state index in [4.69, 9.17) is 4.42 Å². The number of nitrogens with zero attached hydrogens (tertiary/aromatic N) is 3. The first-order valence-electron chi connectivity index (χ1n) is 7.01. The fourth-order valence-electron chi connectivity index (χ4n) is 2.58. The van der Waals surface area contributed by atoms with Crippen LogP contribution in [0.25, 0.3) is 11.1 Å². The molecule has 1 aromatic carbocycles. The van der Waals surface area contributed by atoms with Crippen molar-refractivity contribution in [1.29, 1.82) is 0 Å². The van der Waals surface area contributed by atoms with E-state index in [0.717, 1.165) is 29.6 Å². The van der Waals surface area contributed by atoms with Crippen LogP contribution < -0.4 is 4.90 Å². The van der Waals surface area contributed by atoms with Crippen LogP contribution in [-0.4, -0.2) is 50.1 Å². The standard InChI is InChI=1S/C14H19N3O3S/c1-11-4-5-13-12(10-11)15-14(20-13)16-6-3-7-17(9-8-16)21(2,18)19/h4-5,10H,3,6-9H2,1-2H3. The van der Waals surface area contributed by atoms with Crippen LogP contribution >= 0.6 is 0 Å². The molecule has 21 heavy (non-hydrogen) atoms. The lowest BCUT2D eigenvalue weighted by Gasteiger charge is -2.18. The molecule has 1 saturated heterocycles. The summed E-state index contributed by atoms with van der Waals surface area (Å²) < 4.78 is 30.6. The highest BCUT2D eigenvalue weighted by Gasteiger charge is 2.23. The maximum absolute atomic E-state index is 11.6. The zero-order chi connectivity index (χ0) is 15.0. The first kappa shape index (κ1) is 14.3. The van der Waals surface area contributed by atoms with Crippen LogP contribution in [0.1, 0.15) is 12.0 Å². The van der Waals surface area contributed by atoms with Crippen molar-refractivity contribution in [3.63, 3.8) is 0 Å². The van der Waals surface area contributed by atoms with Crippen LogP contribution in [0.5, 0.6) is 0 Å². The second kappa shape index (κ2) is 5.31. The van der Waals surface area contributed by atoms with Gasteiger partial charge in [-0.15, -0.1) is 0 Å². The van der Waals surface area contributed by atoms with Crippen LogP contribution in [0.4, 0.5) is 6.01 Å². The number of fused-ring (bicyclic) bond motifs is 1. The highest BCUT2D eigenvalue weighted by Crippen LogP contribution is 2.23. The van der Waals surface area contributed by atoms with Gasteiger partial charge in [0.2, 0.25) is 10.0 Å². The van der Waals surface area contributed by atoms with Gasteiger partial charge < -0.3 is 9.32 Å². The zero-order valence-electron chi connectivity index (χ0n) is 12.2. The molecular formula is C14H19N3O3S. The van der Waals surface area contributed by atoms with Crippen molar-refractivity contribution in [2.75, 3.05) is 37.3 Å². The van der Waals surface area contributed by atoms with Crippen LogP contribution in [0.3, 0.4) is 0 Å². The molecule has 3 rings (SSSR count). The van der Waals surface area contributed by atoms with Crippen molar-refractivity contribution >= 4 is 27.1 Å². The molecule has 6 nitrogen and oxygen atoms in total. The van der Waals surface area contributed by atoms with Gasteiger partial charge in [-0.05, 0) is 31.0 Å². The van der Waals surface area contributed by atoms with E-state index >= 15 is 0 Å². The Morgan fingerprint density at radius 3 is 2.76 bits per heavy atom. The molecule has 0 amide bonds. The van der Waals surface area contributed by atoms with E-state index in [9.17, 15) is 8.42 Å². The van der Waals surface area contributed by atoms with Gasteiger partial charge in [0, 0.05) is 26.2 Å². The predicted octanol–water partition coefficient (Wildman–Crippen LogP) is 1.61. The average molecular weight is 309 g/mol. The molecule has 0 aliphatic carbocycles. The van der Waals surface area contributed by atoms with E-state index in [1.807, 2.05) is 30.0 Å². The van der Waals surface area contributed by atoms with Gasteiger partial charge in [0.25, 0.3) is 6.01 Å². The number of anilines is 1. The van der Waals surface area contributed by atoms with Crippen LogP contribution in [0.15, 0.2) is 22.6 Å².